The van der Waals surface area contributed by atoms with Crippen LogP contribution >= 0.6 is 0 Å². The number of rotatable bonds is 9. The molecule has 1 amide bonds. The first-order chi connectivity index (χ1) is 11.3. The molecular formula is C19H24N2O2. The van der Waals surface area contributed by atoms with Crippen LogP contribution in [-0.2, 0) is 17.6 Å². The standard InChI is InChI=1S/C19H24N2O2/c1-23-18-10-6-5-9-17(18)12-13-20-15-19(22)21-14-11-16-7-3-2-4-8-16/h2-10,20H,11-15H2,1H3,(H,21,22). The Morgan fingerprint density at radius 3 is 2.48 bits per heavy atom. The highest BCUT2D eigenvalue weighted by molar-refractivity contribution is 5.77. The Hall–Kier alpha value is -2.33. The third-order valence-corrected chi connectivity index (χ3v) is 3.63. The first-order valence-corrected chi connectivity index (χ1v) is 7.93. The van der Waals surface area contributed by atoms with Gasteiger partial charge >= 0.3 is 0 Å². The Bertz CT molecular complexity index is 599. The minimum absolute atomic E-state index is 0.0287. The monoisotopic (exact) mass is 312 g/mol. The maximum Gasteiger partial charge on any atom is 0.233 e. The van der Waals surface area contributed by atoms with Gasteiger partial charge in [-0.15, -0.1) is 0 Å². The van der Waals surface area contributed by atoms with Crippen LogP contribution in [0.15, 0.2) is 54.6 Å². The Morgan fingerprint density at radius 1 is 0.957 bits per heavy atom. The summed E-state index contributed by atoms with van der Waals surface area (Å²) in [5, 5.41) is 6.09. The van der Waals surface area contributed by atoms with Gasteiger partial charge in [-0.25, -0.2) is 0 Å². The highest BCUT2D eigenvalue weighted by atomic mass is 16.5. The summed E-state index contributed by atoms with van der Waals surface area (Å²) in [6.07, 6.45) is 1.69. The van der Waals surface area contributed by atoms with Crippen LogP contribution in [0.2, 0.25) is 0 Å². The fraction of sp³-hybridized carbons (Fsp3) is 0.316. The van der Waals surface area contributed by atoms with E-state index in [1.54, 1.807) is 7.11 Å². The van der Waals surface area contributed by atoms with E-state index in [2.05, 4.69) is 22.8 Å². The molecule has 0 saturated carbocycles. The first-order valence-electron chi connectivity index (χ1n) is 7.93. The molecule has 23 heavy (non-hydrogen) atoms. The second-order valence-electron chi connectivity index (χ2n) is 5.32. The zero-order valence-corrected chi connectivity index (χ0v) is 13.5. The molecule has 122 valence electrons. The summed E-state index contributed by atoms with van der Waals surface area (Å²) in [4.78, 5) is 11.8. The predicted octanol–water partition coefficient (Wildman–Crippen LogP) is 2.19. The van der Waals surface area contributed by atoms with Crippen molar-refractivity contribution in [3.05, 3.63) is 65.7 Å². The maximum atomic E-state index is 11.8. The molecule has 2 aromatic carbocycles. The van der Waals surface area contributed by atoms with E-state index in [1.807, 2.05) is 42.5 Å². The number of methoxy groups -OCH3 is 1. The van der Waals surface area contributed by atoms with Crippen molar-refractivity contribution in [2.75, 3.05) is 26.7 Å². The second-order valence-corrected chi connectivity index (χ2v) is 5.32. The van der Waals surface area contributed by atoms with E-state index in [1.165, 1.54) is 5.56 Å². The van der Waals surface area contributed by atoms with Crippen molar-refractivity contribution in [3.63, 3.8) is 0 Å². The molecule has 0 unspecified atom stereocenters. The van der Waals surface area contributed by atoms with Crippen LogP contribution < -0.4 is 15.4 Å². The largest absolute Gasteiger partial charge is 0.496 e. The van der Waals surface area contributed by atoms with Crippen LogP contribution in [0.25, 0.3) is 0 Å². The molecule has 0 saturated heterocycles. The minimum atomic E-state index is 0.0287. The molecule has 0 radical (unpaired) electrons. The molecule has 0 bridgehead atoms. The number of benzene rings is 2. The summed E-state index contributed by atoms with van der Waals surface area (Å²) in [5.74, 6) is 0.919. The summed E-state index contributed by atoms with van der Waals surface area (Å²) < 4.78 is 5.31. The van der Waals surface area contributed by atoms with E-state index in [-0.39, 0.29) is 5.91 Å². The zero-order valence-electron chi connectivity index (χ0n) is 13.5. The van der Waals surface area contributed by atoms with Gasteiger partial charge in [0.2, 0.25) is 5.91 Å². The summed E-state index contributed by atoms with van der Waals surface area (Å²) in [7, 11) is 1.67. The fourth-order valence-electron chi connectivity index (χ4n) is 2.39. The molecule has 0 aliphatic carbocycles. The van der Waals surface area contributed by atoms with Gasteiger partial charge in [-0.05, 0) is 36.6 Å². The second kappa shape index (κ2) is 9.64. The Balaban J connectivity index is 1.59. The number of carbonyl (C=O) groups excluding carboxylic acids is 1. The van der Waals surface area contributed by atoms with Crippen LogP contribution in [0.1, 0.15) is 11.1 Å². The molecule has 2 N–H and O–H groups in total. The molecule has 0 heterocycles. The van der Waals surface area contributed by atoms with Gasteiger partial charge < -0.3 is 15.4 Å². The highest BCUT2D eigenvalue weighted by Crippen LogP contribution is 2.17. The van der Waals surface area contributed by atoms with Gasteiger partial charge in [0.25, 0.3) is 0 Å². The number of carbonyl (C=O) groups is 1. The van der Waals surface area contributed by atoms with Crippen molar-refractivity contribution >= 4 is 5.91 Å². The van der Waals surface area contributed by atoms with E-state index in [4.69, 9.17) is 4.74 Å². The molecule has 0 spiro atoms. The highest BCUT2D eigenvalue weighted by Gasteiger charge is 2.03. The lowest BCUT2D eigenvalue weighted by Gasteiger charge is -2.09. The molecule has 0 aliphatic heterocycles. The fourth-order valence-corrected chi connectivity index (χ4v) is 2.39. The van der Waals surface area contributed by atoms with Crippen molar-refractivity contribution in [2.24, 2.45) is 0 Å². The smallest absolute Gasteiger partial charge is 0.233 e. The average Bonchev–Trinajstić information content (AvgIpc) is 2.60. The summed E-state index contributed by atoms with van der Waals surface area (Å²) in [5.41, 5.74) is 2.38. The molecule has 2 aromatic rings. The molecule has 4 nitrogen and oxygen atoms in total. The van der Waals surface area contributed by atoms with Crippen LogP contribution in [-0.4, -0.2) is 32.7 Å². The molecule has 0 atom stereocenters. The van der Waals surface area contributed by atoms with Crippen molar-refractivity contribution in [1.82, 2.24) is 10.6 Å². The van der Waals surface area contributed by atoms with Gasteiger partial charge in [-0.2, -0.15) is 0 Å². The lowest BCUT2D eigenvalue weighted by Crippen LogP contribution is -2.35. The topological polar surface area (TPSA) is 50.4 Å². The molecule has 0 aromatic heterocycles. The average molecular weight is 312 g/mol. The number of ether oxygens (including phenoxy) is 1. The molecule has 4 heteroatoms. The number of hydrogen-bond donors (Lipinski definition) is 2. The van der Waals surface area contributed by atoms with Crippen molar-refractivity contribution in [3.8, 4) is 5.75 Å². The van der Waals surface area contributed by atoms with Crippen LogP contribution in [0, 0.1) is 0 Å². The lowest BCUT2D eigenvalue weighted by molar-refractivity contribution is -0.120. The normalized spacial score (nSPS) is 10.3. The van der Waals surface area contributed by atoms with E-state index < -0.39 is 0 Å². The van der Waals surface area contributed by atoms with Crippen molar-refractivity contribution in [1.29, 1.82) is 0 Å². The number of nitrogens with one attached hydrogen (secondary N) is 2. The van der Waals surface area contributed by atoms with Gasteiger partial charge in [-0.3, -0.25) is 4.79 Å². The SMILES string of the molecule is COc1ccccc1CCNCC(=O)NCCc1ccccc1. The van der Waals surface area contributed by atoms with Crippen molar-refractivity contribution in [2.45, 2.75) is 12.8 Å². The van der Waals surface area contributed by atoms with Gasteiger partial charge in [0, 0.05) is 6.54 Å². The number of hydrogen-bond acceptors (Lipinski definition) is 3. The van der Waals surface area contributed by atoms with Crippen LogP contribution in [0.4, 0.5) is 0 Å². The maximum absolute atomic E-state index is 11.8. The van der Waals surface area contributed by atoms with Gasteiger partial charge in [0.15, 0.2) is 0 Å². The summed E-state index contributed by atoms with van der Waals surface area (Å²) in [6.45, 7) is 1.74. The van der Waals surface area contributed by atoms with E-state index >= 15 is 0 Å². The van der Waals surface area contributed by atoms with Gasteiger partial charge in [0.05, 0.1) is 13.7 Å². The van der Waals surface area contributed by atoms with Crippen LogP contribution in [0.3, 0.4) is 0 Å². The Labute approximate surface area is 137 Å². The predicted molar refractivity (Wildman–Crippen MR) is 92.7 cm³/mol. The molecule has 0 aliphatic rings. The zero-order chi connectivity index (χ0) is 16.3. The minimum Gasteiger partial charge on any atom is -0.496 e. The third-order valence-electron chi connectivity index (χ3n) is 3.63. The molecule has 0 fully saturated rings. The Kier molecular flexibility index (Phi) is 7.14. The number of amides is 1. The van der Waals surface area contributed by atoms with E-state index in [0.29, 0.717) is 13.1 Å². The van der Waals surface area contributed by atoms with E-state index in [0.717, 1.165) is 30.7 Å². The summed E-state index contributed by atoms with van der Waals surface area (Å²) >= 11 is 0. The molecular weight excluding hydrogens is 288 g/mol. The van der Waals surface area contributed by atoms with Crippen molar-refractivity contribution < 1.29 is 9.53 Å². The van der Waals surface area contributed by atoms with Gasteiger partial charge in [-0.1, -0.05) is 48.5 Å². The summed E-state index contributed by atoms with van der Waals surface area (Å²) in [6, 6.07) is 18.1. The number of para-hydroxylation sites is 1. The third kappa shape index (κ3) is 6.12. The lowest BCUT2D eigenvalue weighted by atomic mass is 10.1. The Morgan fingerprint density at radius 2 is 1.70 bits per heavy atom. The quantitative estimate of drug-likeness (QED) is 0.698. The van der Waals surface area contributed by atoms with Gasteiger partial charge in [0.1, 0.15) is 5.75 Å². The van der Waals surface area contributed by atoms with E-state index in [9.17, 15) is 4.79 Å². The molecule has 2 rings (SSSR count). The first kappa shape index (κ1) is 17.0. The van der Waals surface area contributed by atoms with Crippen LogP contribution in [0.5, 0.6) is 5.75 Å².